The lowest BCUT2D eigenvalue weighted by molar-refractivity contribution is -0.114. The number of likely N-dealkylation sites (tertiary alicyclic amines) is 1. The number of hydrogen-bond donors (Lipinski definition) is 0. The van der Waals surface area contributed by atoms with Crippen molar-refractivity contribution in [1.29, 1.82) is 0 Å². The molecule has 0 amide bonds. The summed E-state index contributed by atoms with van der Waals surface area (Å²) in [6.45, 7) is 2.38. The van der Waals surface area contributed by atoms with Crippen molar-refractivity contribution in [2.75, 3.05) is 20.1 Å². The molecule has 2 aliphatic rings. The maximum Gasteiger partial charge on any atom is 0.155 e. The molecule has 0 aromatic rings. The van der Waals surface area contributed by atoms with E-state index in [0.717, 1.165) is 12.8 Å². The molecule has 0 bridgehead atoms. The molecule has 0 radical (unpaired) electrons. The van der Waals surface area contributed by atoms with Gasteiger partial charge in [-0.1, -0.05) is 5.57 Å². The lowest BCUT2D eigenvalue weighted by Crippen LogP contribution is -2.30. The van der Waals surface area contributed by atoms with E-state index in [1.807, 2.05) is 6.08 Å². The summed E-state index contributed by atoms with van der Waals surface area (Å²) in [5.74, 6) is 1.05. The zero-order chi connectivity index (χ0) is 9.26. The molecule has 72 valence electrons. The summed E-state index contributed by atoms with van der Waals surface area (Å²) < 4.78 is 0. The van der Waals surface area contributed by atoms with Crippen LogP contribution in [0.1, 0.15) is 25.7 Å². The maximum absolute atomic E-state index is 11.1. The van der Waals surface area contributed by atoms with Crippen LogP contribution in [0.3, 0.4) is 0 Å². The second kappa shape index (κ2) is 3.62. The summed E-state index contributed by atoms with van der Waals surface area (Å²) in [7, 11) is 2.17. The molecule has 1 saturated heterocycles. The summed E-state index contributed by atoms with van der Waals surface area (Å²) in [4.78, 5) is 13.4. The van der Waals surface area contributed by atoms with Gasteiger partial charge < -0.3 is 4.90 Å². The fourth-order valence-corrected chi connectivity index (χ4v) is 2.32. The summed E-state index contributed by atoms with van der Waals surface area (Å²) in [5.41, 5.74) is 1.43. The predicted octanol–water partition coefficient (Wildman–Crippen LogP) is 1.62. The van der Waals surface area contributed by atoms with Crippen LogP contribution < -0.4 is 0 Å². The first-order valence-corrected chi connectivity index (χ1v) is 5.17. The van der Waals surface area contributed by atoms with Crippen LogP contribution in [-0.4, -0.2) is 30.8 Å². The molecular formula is C11H17NO. The van der Waals surface area contributed by atoms with Gasteiger partial charge in [-0.05, 0) is 51.4 Å². The normalized spacial score (nSPS) is 26.5. The maximum atomic E-state index is 11.1. The minimum absolute atomic E-state index is 0.342. The molecule has 0 unspecified atom stereocenters. The largest absolute Gasteiger partial charge is 0.306 e. The highest BCUT2D eigenvalue weighted by Crippen LogP contribution is 2.30. The molecule has 2 rings (SSSR count). The summed E-state index contributed by atoms with van der Waals surface area (Å²) in [5, 5.41) is 0. The molecule has 13 heavy (non-hydrogen) atoms. The number of carbonyl (C=O) groups excluding carboxylic acids is 1. The Morgan fingerprint density at radius 3 is 2.54 bits per heavy atom. The van der Waals surface area contributed by atoms with Gasteiger partial charge >= 0.3 is 0 Å². The summed E-state index contributed by atoms with van der Waals surface area (Å²) in [6.07, 6.45) is 6.19. The monoisotopic (exact) mass is 179 g/mol. The van der Waals surface area contributed by atoms with Gasteiger partial charge in [0.05, 0.1) is 0 Å². The van der Waals surface area contributed by atoms with Crippen molar-refractivity contribution in [3.63, 3.8) is 0 Å². The number of carbonyl (C=O) groups is 1. The number of allylic oxidation sites excluding steroid dienone is 2. The first kappa shape index (κ1) is 8.95. The zero-order valence-corrected chi connectivity index (χ0v) is 8.25. The summed E-state index contributed by atoms with van der Waals surface area (Å²) in [6, 6.07) is 0. The van der Waals surface area contributed by atoms with E-state index in [4.69, 9.17) is 0 Å². The Kier molecular flexibility index (Phi) is 2.49. The molecule has 0 atom stereocenters. The van der Waals surface area contributed by atoms with Crippen molar-refractivity contribution in [3.8, 4) is 0 Å². The van der Waals surface area contributed by atoms with E-state index in [9.17, 15) is 4.79 Å². The topological polar surface area (TPSA) is 20.3 Å². The zero-order valence-electron chi connectivity index (χ0n) is 8.25. The SMILES string of the molecule is CN1CCC(C2=CC(=O)CC2)CC1. The fraction of sp³-hybridized carbons (Fsp3) is 0.727. The highest BCUT2D eigenvalue weighted by molar-refractivity contribution is 5.93. The van der Waals surface area contributed by atoms with Crippen molar-refractivity contribution in [2.24, 2.45) is 5.92 Å². The van der Waals surface area contributed by atoms with Crippen molar-refractivity contribution >= 4 is 5.78 Å². The Hall–Kier alpha value is -0.630. The number of piperidine rings is 1. The molecule has 0 aromatic carbocycles. The first-order valence-electron chi connectivity index (χ1n) is 5.17. The Morgan fingerprint density at radius 2 is 2.00 bits per heavy atom. The van der Waals surface area contributed by atoms with Crippen LogP contribution in [0.25, 0.3) is 0 Å². The fourth-order valence-electron chi connectivity index (χ4n) is 2.32. The van der Waals surface area contributed by atoms with Gasteiger partial charge in [0.1, 0.15) is 0 Å². The lowest BCUT2D eigenvalue weighted by atomic mass is 9.89. The average molecular weight is 179 g/mol. The average Bonchev–Trinajstić information content (AvgIpc) is 2.53. The first-order chi connectivity index (χ1) is 6.25. The predicted molar refractivity (Wildman–Crippen MR) is 52.5 cm³/mol. The number of ketones is 1. The molecule has 0 spiro atoms. The van der Waals surface area contributed by atoms with Crippen LogP contribution in [-0.2, 0) is 4.79 Å². The van der Waals surface area contributed by atoms with Crippen molar-refractivity contribution in [2.45, 2.75) is 25.7 Å². The van der Waals surface area contributed by atoms with Crippen molar-refractivity contribution < 1.29 is 4.79 Å². The van der Waals surface area contributed by atoms with E-state index >= 15 is 0 Å². The van der Waals surface area contributed by atoms with Gasteiger partial charge in [-0.3, -0.25) is 4.79 Å². The smallest absolute Gasteiger partial charge is 0.155 e. The third kappa shape index (κ3) is 1.99. The van der Waals surface area contributed by atoms with Gasteiger partial charge in [-0.25, -0.2) is 0 Å². The van der Waals surface area contributed by atoms with Crippen LogP contribution in [0.4, 0.5) is 0 Å². The Bertz CT molecular complexity index is 236. The van der Waals surface area contributed by atoms with Crippen LogP contribution >= 0.6 is 0 Å². The molecule has 2 heteroatoms. The van der Waals surface area contributed by atoms with Crippen molar-refractivity contribution in [1.82, 2.24) is 4.90 Å². The molecule has 0 saturated carbocycles. The third-order valence-electron chi connectivity index (χ3n) is 3.25. The Labute approximate surface area is 79.6 Å². The minimum Gasteiger partial charge on any atom is -0.306 e. The third-order valence-corrected chi connectivity index (χ3v) is 3.25. The highest BCUT2D eigenvalue weighted by atomic mass is 16.1. The van der Waals surface area contributed by atoms with Gasteiger partial charge in [0, 0.05) is 6.42 Å². The van der Waals surface area contributed by atoms with E-state index in [1.165, 1.54) is 31.5 Å². The second-order valence-corrected chi connectivity index (χ2v) is 4.26. The molecule has 1 heterocycles. The molecule has 1 aliphatic carbocycles. The molecular weight excluding hydrogens is 162 g/mol. The highest BCUT2D eigenvalue weighted by Gasteiger charge is 2.23. The Morgan fingerprint density at radius 1 is 1.31 bits per heavy atom. The van der Waals surface area contributed by atoms with E-state index in [2.05, 4.69) is 11.9 Å². The van der Waals surface area contributed by atoms with E-state index in [1.54, 1.807) is 0 Å². The van der Waals surface area contributed by atoms with Gasteiger partial charge in [-0.2, -0.15) is 0 Å². The van der Waals surface area contributed by atoms with E-state index in [-0.39, 0.29) is 0 Å². The summed E-state index contributed by atoms with van der Waals surface area (Å²) >= 11 is 0. The van der Waals surface area contributed by atoms with E-state index < -0.39 is 0 Å². The van der Waals surface area contributed by atoms with Crippen LogP contribution in [0.2, 0.25) is 0 Å². The van der Waals surface area contributed by atoms with Crippen LogP contribution in [0, 0.1) is 5.92 Å². The number of rotatable bonds is 1. The lowest BCUT2D eigenvalue weighted by Gasteiger charge is -2.29. The van der Waals surface area contributed by atoms with Gasteiger partial charge in [0.2, 0.25) is 0 Å². The standard InChI is InChI=1S/C11H17NO/c1-12-6-4-9(5-7-12)10-2-3-11(13)8-10/h8-9H,2-7H2,1H3. The minimum atomic E-state index is 0.342. The second-order valence-electron chi connectivity index (χ2n) is 4.26. The molecule has 0 N–H and O–H groups in total. The molecule has 1 fully saturated rings. The van der Waals surface area contributed by atoms with Gasteiger partial charge in [0.25, 0.3) is 0 Å². The van der Waals surface area contributed by atoms with E-state index in [0.29, 0.717) is 11.7 Å². The van der Waals surface area contributed by atoms with Gasteiger partial charge in [-0.15, -0.1) is 0 Å². The number of hydrogen-bond acceptors (Lipinski definition) is 2. The molecule has 1 aliphatic heterocycles. The van der Waals surface area contributed by atoms with Gasteiger partial charge in [0.15, 0.2) is 5.78 Å². The molecule has 2 nitrogen and oxygen atoms in total. The van der Waals surface area contributed by atoms with Crippen LogP contribution in [0.15, 0.2) is 11.6 Å². The number of nitrogens with zero attached hydrogens (tertiary/aromatic N) is 1. The quantitative estimate of drug-likeness (QED) is 0.609. The van der Waals surface area contributed by atoms with Crippen LogP contribution in [0.5, 0.6) is 0 Å². The Balaban J connectivity index is 1.95. The van der Waals surface area contributed by atoms with Crippen molar-refractivity contribution in [3.05, 3.63) is 11.6 Å². The molecule has 0 aromatic heterocycles.